The van der Waals surface area contributed by atoms with Crippen molar-refractivity contribution in [1.29, 1.82) is 0 Å². The Bertz CT molecular complexity index is 458. The molecule has 7 nitrogen and oxygen atoms in total. The van der Waals surface area contributed by atoms with Crippen molar-refractivity contribution in [2.45, 2.75) is 40.7 Å². The van der Waals surface area contributed by atoms with Crippen LogP contribution in [0.2, 0.25) is 0 Å². The lowest BCUT2D eigenvalue weighted by atomic mass is 10.0. The highest BCUT2D eigenvalue weighted by atomic mass is 16.5. The number of nitrogens with zero attached hydrogens (tertiary/aromatic N) is 4. The van der Waals surface area contributed by atoms with E-state index in [1.807, 2.05) is 0 Å². The maximum Gasteiger partial charge on any atom is 0.191 e. The van der Waals surface area contributed by atoms with Crippen LogP contribution in [0.5, 0.6) is 0 Å². The fraction of sp³-hybridized carbons (Fsp3) is 0.955. The van der Waals surface area contributed by atoms with Crippen LogP contribution in [0.4, 0.5) is 0 Å². The molecule has 2 fully saturated rings. The molecular formula is C22H46N6O. The van der Waals surface area contributed by atoms with Crippen LogP contribution in [0.15, 0.2) is 4.99 Å². The van der Waals surface area contributed by atoms with Crippen LogP contribution in [0.3, 0.4) is 0 Å². The monoisotopic (exact) mass is 410 g/mol. The quantitative estimate of drug-likeness (QED) is 0.417. The van der Waals surface area contributed by atoms with Crippen LogP contribution in [0.25, 0.3) is 0 Å². The summed E-state index contributed by atoms with van der Waals surface area (Å²) < 4.78 is 5.53. The summed E-state index contributed by atoms with van der Waals surface area (Å²) in [5.41, 5.74) is 0. The minimum absolute atomic E-state index is 0.509. The van der Waals surface area contributed by atoms with Crippen LogP contribution in [-0.4, -0.2) is 112 Å². The summed E-state index contributed by atoms with van der Waals surface area (Å²) in [7, 11) is 0. The Labute approximate surface area is 179 Å². The van der Waals surface area contributed by atoms with E-state index >= 15 is 0 Å². The SMILES string of the molecule is CCNC(=NCC(C)CN1CCN(CC)CC1)NCC(C(C)C)N1CCOCC1. The molecule has 0 amide bonds. The number of hydrogen-bond acceptors (Lipinski definition) is 5. The number of hydrogen-bond donors (Lipinski definition) is 2. The second kappa shape index (κ2) is 13.4. The van der Waals surface area contributed by atoms with Gasteiger partial charge >= 0.3 is 0 Å². The fourth-order valence-corrected chi connectivity index (χ4v) is 4.27. The van der Waals surface area contributed by atoms with Crippen molar-refractivity contribution in [3.05, 3.63) is 0 Å². The predicted molar refractivity (Wildman–Crippen MR) is 123 cm³/mol. The zero-order valence-corrected chi connectivity index (χ0v) is 19.6. The van der Waals surface area contributed by atoms with Crippen molar-refractivity contribution < 1.29 is 4.74 Å². The minimum Gasteiger partial charge on any atom is -0.379 e. The van der Waals surface area contributed by atoms with Crippen LogP contribution in [0.1, 0.15) is 34.6 Å². The van der Waals surface area contributed by atoms with Crippen molar-refractivity contribution in [3.63, 3.8) is 0 Å². The first-order valence-corrected chi connectivity index (χ1v) is 11.8. The Balaban J connectivity index is 1.79. The summed E-state index contributed by atoms with van der Waals surface area (Å²) in [6.07, 6.45) is 0. The molecule has 2 atom stereocenters. The molecule has 0 spiro atoms. The van der Waals surface area contributed by atoms with Gasteiger partial charge in [0.1, 0.15) is 0 Å². The third-order valence-electron chi connectivity index (χ3n) is 6.15. The van der Waals surface area contributed by atoms with E-state index in [0.717, 1.165) is 58.4 Å². The molecule has 0 aromatic carbocycles. The van der Waals surface area contributed by atoms with Crippen LogP contribution < -0.4 is 10.6 Å². The van der Waals surface area contributed by atoms with Crippen LogP contribution in [-0.2, 0) is 4.74 Å². The zero-order chi connectivity index (χ0) is 21.1. The van der Waals surface area contributed by atoms with Gasteiger partial charge in [-0.25, -0.2) is 0 Å². The lowest BCUT2D eigenvalue weighted by Crippen LogP contribution is -2.52. The average Bonchev–Trinajstić information content (AvgIpc) is 2.73. The normalized spacial score (nSPS) is 22.6. The highest BCUT2D eigenvalue weighted by molar-refractivity contribution is 5.79. The fourth-order valence-electron chi connectivity index (χ4n) is 4.27. The van der Waals surface area contributed by atoms with E-state index < -0.39 is 0 Å². The Morgan fingerprint density at radius 3 is 2.17 bits per heavy atom. The first-order chi connectivity index (χ1) is 14.0. The summed E-state index contributed by atoms with van der Waals surface area (Å²) in [6, 6.07) is 0.509. The third kappa shape index (κ3) is 8.79. The van der Waals surface area contributed by atoms with Crippen LogP contribution >= 0.6 is 0 Å². The van der Waals surface area contributed by atoms with Gasteiger partial charge in [0.25, 0.3) is 0 Å². The predicted octanol–water partition coefficient (Wildman–Crippen LogP) is 1.17. The van der Waals surface area contributed by atoms with E-state index in [4.69, 9.17) is 9.73 Å². The number of ether oxygens (including phenoxy) is 1. The van der Waals surface area contributed by atoms with Crippen molar-refractivity contribution in [2.75, 3.05) is 85.2 Å². The molecule has 170 valence electrons. The maximum absolute atomic E-state index is 5.53. The van der Waals surface area contributed by atoms with Gasteiger partial charge in [0.15, 0.2) is 5.96 Å². The molecule has 2 heterocycles. The molecule has 0 bridgehead atoms. The number of morpholine rings is 1. The summed E-state index contributed by atoms with van der Waals surface area (Å²) in [5, 5.41) is 7.04. The molecular weight excluding hydrogens is 364 g/mol. The number of piperazine rings is 1. The van der Waals surface area contributed by atoms with Gasteiger partial charge in [-0.3, -0.25) is 9.89 Å². The Kier molecular flexibility index (Phi) is 11.3. The number of guanidine groups is 1. The van der Waals surface area contributed by atoms with E-state index in [1.54, 1.807) is 0 Å². The summed E-state index contributed by atoms with van der Waals surface area (Å²) >= 11 is 0. The molecule has 2 aliphatic heterocycles. The number of aliphatic imine (C=N–C) groups is 1. The minimum atomic E-state index is 0.509. The van der Waals surface area contributed by atoms with E-state index in [2.05, 4.69) is 60.0 Å². The lowest BCUT2D eigenvalue weighted by molar-refractivity contribution is 0.00752. The Morgan fingerprint density at radius 1 is 0.931 bits per heavy atom. The lowest BCUT2D eigenvalue weighted by Gasteiger charge is -2.37. The van der Waals surface area contributed by atoms with Gasteiger partial charge in [-0.2, -0.15) is 0 Å². The molecule has 0 aliphatic carbocycles. The van der Waals surface area contributed by atoms with Crippen LogP contribution in [0, 0.1) is 11.8 Å². The molecule has 2 rings (SSSR count). The molecule has 7 heteroatoms. The van der Waals surface area contributed by atoms with Gasteiger partial charge in [-0.1, -0.05) is 27.7 Å². The van der Waals surface area contributed by atoms with Crippen molar-refractivity contribution in [1.82, 2.24) is 25.3 Å². The molecule has 2 aliphatic rings. The largest absolute Gasteiger partial charge is 0.379 e. The van der Waals surface area contributed by atoms with E-state index in [1.165, 1.54) is 32.7 Å². The van der Waals surface area contributed by atoms with Gasteiger partial charge in [-0.05, 0) is 25.3 Å². The number of likely N-dealkylation sites (N-methyl/N-ethyl adjacent to an activating group) is 1. The second-order valence-electron chi connectivity index (χ2n) is 8.90. The molecule has 29 heavy (non-hydrogen) atoms. The molecule has 0 saturated carbocycles. The van der Waals surface area contributed by atoms with Crippen molar-refractivity contribution in [2.24, 2.45) is 16.8 Å². The van der Waals surface area contributed by atoms with Gasteiger partial charge < -0.3 is 25.2 Å². The highest BCUT2D eigenvalue weighted by Gasteiger charge is 2.24. The highest BCUT2D eigenvalue weighted by Crippen LogP contribution is 2.12. The third-order valence-corrected chi connectivity index (χ3v) is 6.15. The molecule has 2 unspecified atom stereocenters. The standard InChI is InChI=1S/C22H46N6O/c1-6-23-22(25-17-21(19(3)4)28-12-14-29-15-13-28)24-16-20(5)18-27-10-8-26(7-2)9-11-27/h19-21H,6-18H2,1-5H3,(H2,23,24,25). The summed E-state index contributed by atoms with van der Waals surface area (Å²) in [6.45, 7) is 24.9. The summed E-state index contributed by atoms with van der Waals surface area (Å²) in [4.78, 5) is 12.6. The summed E-state index contributed by atoms with van der Waals surface area (Å²) in [5.74, 6) is 2.12. The van der Waals surface area contributed by atoms with Gasteiger partial charge in [0.05, 0.1) is 13.2 Å². The topological polar surface area (TPSA) is 55.4 Å². The second-order valence-corrected chi connectivity index (χ2v) is 8.90. The number of nitrogens with one attached hydrogen (secondary N) is 2. The maximum atomic E-state index is 5.53. The number of rotatable bonds is 10. The van der Waals surface area contributed by atoms with E-state index in [-0.39, 0.29) is 0 Å². The molecule has 0 radical (unpaired) electrons. The first-order valence-electron chi connectivity index (χ1n) is 11.8. The Morgan fingerprint density at radius 2 is 1.59 bits per heavy atom. The molecule has 0 aromatic heterocycles. The average molecular weight is 411 g/mol. The van der Waals surface area contributed by atoms with Gasteiger partial charge in [0.2, 0.25) is 0 Å². The van der Waals surface area contributed by atoms with Crippen molar-refractivity contribution >= 4 is 5.96 Å². The molecule has 0 aromatic rings. The van der Waals surface area contributed by atoms with E-state index in [0.29, 0.717) is 17.9 Å². The first kappa shape index (κ1) is 24.4. The molecule has 2 saturated heterocycles. The zero-order valence-electron chi connectivity index (χ0n) is 19.6. The smallest absolute Gasteiger partial charge is 0.191 e. The van der Waals surface area contributed by atoms with Gasteiger partial charge in [0, 0.05) is 71.5 Å². The Hall–Kier alpha value is -0.890. The van der Waals surface area contributed by atoms with Gasteiger partial charge in [-0.15, -0.1) is 0 Å². The van der Waals surface area contributed by atoms with Crippen molar-refractivity contribution in [3.8, 4) is 0 Å². The molecule has 2 N–H and O–H groups in total. The van der Waals surface area contributed by atoms with E-state index in [9.17, 15) is 0 Å².